The van der Waals surface area contributed by atoms with Crippen LogP contribution in [0.3, 0.4) is 0 Å². The van der Waals surface area contributed by atoms with Gasteiger partial charge in [0.25, 0.3) is 5.91 Å². The number of aromatic nitrogens is 1. The number of carbonyl (C=O) groups is 1. The third kappa shape index (κ3) is 2.97. The Bertz CT molecular complexity index is 1110. The van der Waals surface area contributed by atoms with Crippen molar-refractivity contribution in [1.82, 2.24) is 9.47 Å². The van der Waals surface area contributed by atoms with Crippen LogP contribution >= 0.6 is 11.8 Å². The first-order valence-electron chi connectivity index (χ1n) is 8.81. The minimum atomic E-state index is -0.377. The van der Waals surface area contributed by atoms with Crippen molar-refractivity contribution in [2.24, 2.45) is 4.99 Å². The van der Waals surface area contributed by atoms with Crippen LogP contribution in [-0.4, -0.2) is 33.5 Å². The number of hydrogen-bond acceptors (Lipinski definition) is 4. The van der Waals surface area contributed by atoms with Gasteiger partial charge in [-0.25, -0.2) is 0 Å². The summed E-state index contributed by atoms with van der Waals surface area (Å²) >= 11 is 1.41. The SMILES string of the molecule is COc1cccc(-n2c(C)cc(C=C3C(=N)N4C=C(C)SC4=NC3=O)c2C)c1. The molecular formula is C21H20N4O2S. The summed E-state index contributed by atoms with van der Waals surface area (Å²) in [4.78, 5) is 19.3. The monoisotopic (exact) mass is 392 g/mol. The van der Waals surface area contributed by atoms with Gasteiger partial charge >= 0.3 is 0 Å². The summed E-state index contributed by atoms with van der Waals surface area (Å²) in [7, 11) is 1.65. The van der Waals surface area contributed by atoms with Gasteiger partial charge in [0.2, 0.25) is 0 Å². The van der Waals surface area contributed by atoms with E-state index in [1.165, 1.54) is 11.8 Å². The van der Waals surface area contributed by atoms with Gasteiger partial charge in [0.05, 0.1) is 12.7 Å². The molecule has 0 unspecified atom stereocenters. The van der Waals surface area contributed by atoms with Gasteiger partial charge in [-0.15, -0.1) is 0 Å². The normalized spacial score (nSPS) is 17.7. The summed E-state index contributed by atoms with van der Waals surface area (Å²) in [6.07, 6.45) is 3.60. The van der Waals surface area contributed by atoms with Crippen LogP contribution in [0.25, 0.3) is 11.8 Å². The Labute approximate surface area is 167 Å². The van der Waals surface area contributed by atoms with Gasteiger partial charge in [-0.1, -0.05) is 17.8 Å². The standard InChI is InChI=1S/C21H20N4O2S/c1-12-8-15(14(3)25(12)16-6-5-7-17(10-16)27-4)9-18-19(22)24-11-13(2)28-21(24)23-20(18)26/h5-11,22H,1-4H3. The summed E-state index contributed by atoms with van der Waals surface area (Å²) in [5, 5.41) is 9.01. The number of carbonyl (C=O) groups excluding carboxylic acids is 1. The minimum Gasteiger partial charge on any atom is -0.497 e. The molecule has 2 aromatic rings. The lowest BCUT2D eigenvalue weighted by Gasteiger charge is -2.22. The van der Waals surface area contributed by atoms with Crippen LogP contribution in [0, 0.1) is 19.3 Å². The third-order valence-corrected chi connectivity index (χ3v) is 5.67. The molecule has 0 saturated heterocycles. The fourth-order valence-corrected chi connectivity index (χ4v) is 4.25. The van der Waals surface area contributed by atoms with E-state index >= 15 is 0 Å². The van der Waals surface area contributed by atoms with Crippen molar-refractivity contribution >= 4 is 34.7 Å². The van der Waals surface area contributed by atoms with E-state index in [9.17, 15) is 4.79 Å². The Kier molecular flexibility index (Phi) is 4.47. The number of methoxy groups -OCH3 is 1. The molecule has 0 atom stereocenters. The number of ether oxygens (including phenoxy) is 1. The number of aryl methyl sites for hydroxylation is 1. The lowest BCUT2D eigenvalue weighted by Crippen LogP contribution is -2.35. The van der Waals surface area contributed by atoms with Crippen LogP contribution in [0.15, 0.2) is 52.0 Å². The van der Waals surface area contributed by atoms with Crippen LogP contribution in [-0.2, 0) is 4.79 Å². The first-order chi connectivity index (χ1) is 13.4. The molecule has 6 nitrogen and oxygen atoms in total. The Balaban J connectivity index is 1.77. The van der Waals surface area contributed by atoms with Crippen LogP contribution in [0.4, 0.5) is 0 Å². The number of allylic oxidation sites excluding steroid dienone is 1. The van der Waals surface area contributed by atoms with Crippen LogP contribution in [0.5, 0.6) is 5.75 Å². The number of aliphatic imine (C=N–C) groups is 1. The smallest absolute Gasteiger partial charge is 0.283 e. The van der Waals surface area contributed by atoms with Gasteiger partial charge in [-0.2, -0.15) is 4.99 Å². The molecule has 1 N–H and O–H groups in total. The predicted octanol–water partition coefficient (Wildman–Crippen LogP) is 4.27. The Hall–Kier alpha value is -3.06. The maximum Gasteiger partial charge on any atom is 0.283 e. The second kappa shape index (κ2) is 6.83. The first kappa shape index (κ1) is 18.3. The predicted molar refractivity (Wildman–Crippen MR) is 113 cm³/mol. The molecule has 0 radical (unpaired) electrons. The largest absolute Gasteiger partial charge is 0.497 e. The number of thioether (sulfide) groups is 1. The topological polar surface area (TPSA) is 70.7 Å². The zero-order chi connectivity index (χ0) is 20.0. The summed E-state index contributed by atoms with van der Waals surface area (Å²) in [6, 6.07) is 9.85. The fourth-order valence-electron chi connectivity index (χ4n) is 3.44. The van der Waals surface area contributed by atoms with Crippen LogP contribution < -0.4 is 4.74 Å². The molecule has 0 fully saturated rings. The van der Waals surface area contributed by atoms with Crippen molar-refractivity contribution in [3.05, 3.63) is 64.0 Å². The van der Waals surface area contributed by atoms with Crippen molar-refractivity contribution in [3.63, 3.8) is 0 Å². The zero-order valence-corrected chi connectivity index (χ0v) is 16.9. The molecule has 142 valence electrons. The maximum atomic E-state index is 12.5. The lowest BCUT2D eigenvalue weighted by molar-refractivity contribution is -0.114. The highest BCUT2D eigenvalue weighted by molar-refractivity contribution is 8.17. The van der Waals surface area contributed by atoms with Crippen molar-refractivity contribution < 1.29 is 9.53 Å². The molecule has 3 heterocycles. The minimum absolute atomic E-state index is 0.158. The molecular weight excluding hydrogens is 372 g/mol. The Morgan fingerprint density at radius 2 is 2.00 bits per heavy atom. The number of nitrogens with zero attached hydrogens (tertiary/aromatic N) is 3. The quantitative estimate of drug-likeness (QED) is 0.792. The molecule has 0 aliphatic carbocycles. The molecule has 2 aliphatic rings. The summed E-state index contributed by atoms with van der Waals surface area (Å²) in [5.41, 5.74) is 4.18. The van der Waals surface area contributed by atoms with E-state index in [2.05, 4.69) is 9.56 Å². The molecule has 28 heavy (non-hydrogen) atoms. The number of rotatable bonds is 3. The second-order valence-corrected chi connectivity index (χ2v) is 7.89. The third-order valence-electron chi connectivity index (χ3n) is 4.77. The number of amidine groups is 2. The van der Waals surface area contributed by atoms with Crippen molar-refractivity contribution in [2.75, 3.05) is 7.11 Å². The molecule has 2 aliphatic heterocycles. The molecule has 0 bridgehead atoms. The average Bonchev–Trinajstić information content (AvgIpc) is 3.17. The fraction of sp³-hybridized carbons (Fsp3) is 0.190. The van der Waals surface area contributed by atoms with E-state index < -0.39 is 0 Å². The van der Waals surface area contributed by atoms with Gasteiger partial charge in [-0.05, 0) is 50.6 Å². The molecule has 4 rings (SSSR count). The molecule has 1 amide bonds. The number of fused-ring (bicyclic) bond motifs is 1. The van der Waals surface area contributed by atoms with Crippen LogP contribution in [0.2, 0.25) is 0 Å². The molecule has 1 aromatic carbocycles. The number of benzene rings is 1. The van der Waals surface area contributed by atoms with Gasteiger partial charge in [-0.3, -0.25) is 15.1 Å². The van der Waals surface area contributed by atoms with Gasteiger partial charge in [0.15, 0.2) is 5.17 Å². The zero-order valence-electron chi connectivity index (χ0n) is 16.1. The van der Waals surface area contributed by atoms with Crippen molar-refractivity contribution in [1.29, 1.82) is 5.41 Å². The molecule has 0 spiro atoms. The maximum absolute atomic E-state index is 12.5. The van der Waals surface area contributed by atoms with E-state index in [-0.39, 0.29) is 11.7 Å². The molecule has 1 aromatic heterocycles. The average molecular weight is 392 g/mol. The Morgan fingerprint density at radius 1 is 1.21 bits per heavy atom. The van der Waals surface area contributed by atoms with E-state index in [0.29, 0.717) is 10.7 Å². The highest BCUT2D eigenvalue weighted by Crippen LogP contribution is 2.33. The highest BCUT2D eigenvalue weighted by Gasteiger charge is 2.33. The number of amides is 1. The molecule has 7 heteroatoms. The van der Waals surface area contributed by atoms with E-state index in [1.807, 2.05) is 57.3 Å². The van der Waals surface area contributed by atoms with Crippen molar-refractivity contribution in [3.8, 4) is 11.4 Å². The van der Waals surface area contributed by atoms with Gasteiger partial charge in [0, 0.05) is 34.2 Å². The summed E-state index contributed by atoms with van der Waals surface area (Å²) in [5.74, 6) is 0.563. The van der Waals surface area contributed by atoms with E-state index in [1.54, 1.807) is 18.1 Å². The van der Waals surface area contributed by atoms with Crippen molar-refractivity contribution in [2.45, 2.75) is 20.8 Å². The lowest BCUT2D eigenvalue weighted by atomic mass is 10.1. The Morgan fingerprint density at radius 3 is 2.75 bits per heavy atom. The number of hydrogen-bond donors (Lipinski definition) is 1. The summed E-state index contributed by atoms with van der Waals surface area (Å²) in [6.45, 7) is 5.95. The van der Waals surface area contributed by atoms with E-state index in [0.717, 1.165) is 33.3 Å². The molecule has 0 saturated carbocycles. The second-order valence-electron chi connectivity index (χ2n) is 6.68. The highest BCUT2D eigenvalue weighted by atomic mass is 32.2. The van der Waals surface area contributed by atoms with Gasteiger partial charge < -0.3 is 9.30 Å². The van der Waals surface area contributed by atoms with E-state index in [4.69, 9.17) is 10.1 Å². The van der Waals surface area contributed by atoms with Gasteiger partial charge in [0.1, 0.15) is 11.6 Å². The van der Waals surface area contributed by atoms with Crippen LogP contribution in [0.1, 0.15) is 23.9 Å². The summed E-state index contributed by atoms with van der Waals surface area (Å²) < 4.78 is 7.44. The first-order valence-corrected chi connectivity index (χ1v) is 9.63. The number of nitrogens with one attached hydrogen (secondary N) is 1.